The van der Waals surface area contributed by atoms with Crippen LogP contribution < -0.4 is 0 Å². The third-order valence-electron chi connectivity index (χ3n) is 3.92. The van der Waals surface area contributed by atoms with Crippen molar-refractivity contribution in [1.82, 2.24) is 14.5 Å². The van der Waals surface area contributed by atoms with Crippen molar-refractivity contribution in [3.8, 4) is 0 Å². The lowest BCUT2D eigenvalue weighted by Gasteiger charge is -2.29. The van der Waals surface area contributed by atoms with Crippen LogP contribution in [-0.4, -0.2) is 58.1 Å². The fraction of sp³-hybridized carbons (Fsp3) is 0.714. The second kappa shape index (κ2) is 7.04. The van der Waals surface area contributed by atoms with Gasteiger partial charge in [-0.3, -0.25) is 4.79 Å². The average Bonchev–Trinajstić information content (AvgIpc) is 3.05. The third-order valence-corrected chi connectivity index (χ3v) is 6.78. The number of carbonyl (C=O) groups is 1. The van der Waals surface area contributed by atoms with Gasteiger partial charge in [0.25, 0.3) is 0 Å². The van der Waals surface area contributed by atoms with Crippen LogP contribution in [0.15, 0.2) is 17.6 Å². The summed E-state index contributed by atoms with van der Waals surface area (Å²) < 4.78 is 25.3. The van der Waals surface area contributed by atoms with Crippen LogP contribution in [0.5, 0.6) is 0 Å². The molecule has 124 valence electrons. The van der Waals surface area contributed by atoms with Gasteiger partial charge in [-0.2, -0.15) is 0 Å². The Hall–Kier alpha value is -1.02. The van der Waals surface area contributed by atoms with Gasteiger partial charge in [0.1, 0.15) is 0 Å². The number of aromatic nitrogens is 2. The smallest absolute Gasteiger partial charge is 0.236 e. The van der Waals surface area contributed by atoms with Gasteiger partial charge >= 0.3 is 0 Å². The van der Waals surface area contributed by atoms with Gasteiger partial charge in [-0.05, 0) is 27.2 Å². The highest BCUT2D eigenvalue weighted by atomic mass is 32.2. The fourth-order valence-corrected chi connectivity index (χ4v) is 5.44. The molecule has 2 heterocycles. The van der Waals surface area contributed by atoms with Gasteiger partial charge < -0.3 is 9.47 Å². The normalized spacial score (nSPS) is 21.7. The lowest BCUT2D eigenvalue weighted by Crippen LogP contribution is -2.44. The maximum Gasteiger partial charge on any atom is 0.236 e. The molecule has 2 atom stereocenters. The van der Waals surface area contributed by atoms with E-state index in [1.165, 1.54) is 11.8 Å². The van der Waals surface area contributed by atoms with Crippen LogP contribution >= 0.6 is 11.8 Å². The molecule has 2 unspecified atom stereocenters. The van der Waals surface area contributed by atoms with E-state index in [2.05, 4.69) is 4.98 Å². The van der Waals surface area contributed by atoms with Gasteiger partial charge in [-0.15, -0.1) is 0 Å². The predicted molar refractivity (Wildman–Crippen MR) is 87.7 cm³/mol. The van der Waals surface area contributed by atoms with E-state index < -0.39 is 9.84 Å². The summed E-state index contributed by atoms with van der Waals surface area (Å²) in [5.74, 6) is 0.261. The molecule has 1 aliphatic rings. The Morgan fingerprint density at radius 2 is 2.27 bits per heavy atom. The SMILES string of the molecule is CCN(C(=O)C(C)Sc1nccn1CC)C1CCS(=O)(=O)C1. The number of hydrogen-bond donors (Lipinski definition) is 0. The first-order valence-corrected chi connectivity index (χ1v) is 10.3. The quantitative estimate of drug-likeness (QED) is 0.729. The Morgan fingerprint density at radius 1 is 1.55 bits per heavy atom. The summed E-state index contributed by atoms with van der Waals surface area (Å²) in [6.45, 7) is 7.12. The highest BCUT2D eigenvalue weighted by molar-refractivity contribution is 8.00. The monoisotopic (exact) mass is 345 g/mol. The van der Waals surface area contributed by atoms with Crippen LogP contribution in [0.1, 0.15) is 27.2 Å². The van der Waals surface area contributed by atoms with Crippen molar-refractivity contribution in [3.63, 3.8) is 0 Å². The van der Waals surface area contributed by atoms with Crippen LogP contribution in [0.4, 0.5) is 0 Å². The van der Waals surface area contributed by atoms with Crippen LogP contribution in [0.25, 0.3) is 0 Å². The molecule has 0 radical (unpaired) electrons. The van der Waals surface area contributed by atoms with Crippen molar-refractivity contribution < 1.29 is 13.2 Å². The largest absolute Gasteiger partial charge is 0.338 e. The predicted octanol–water partition coefficient (Wildman–Crippen LogP) is 1.42. The number of carbonyl (C=O) groups excluding carboxylic acids is 1. The minimum absolute atomic E-state index is 0.0137. The van der Waals surface area contributed by atoms with Crippen LogP contribution in [0, 0.1) is 0 Å². The molecule has 0 aliphatic carbocycles. The second-order valence-corrected chi connectivity index (χ2v) is 8.97. The molecule has 1 aliphatic heterocycles. The van der Waals surface area contributed by atoms with Crippen LogP contribution in [0.2, 0.25) is 0 Å². The summed E-state index contributed by atoms with van der Waals surface area (Å²) >= 11 is 1.42. The van der Waals surface area contributed by atoms with E-state index in [4.69, 9.17) is 0 Å². The van der Waals surface area contributed by atoms with Gasteiger partial charge in [-0.25, -0.2) is 13.4 Å². The molecule has 0 N–H and O–H groups in total. The van der Waals surface area contributed by atoms with E-state index in [9.17, 15) is 13.2 Å². The molecule has 1 aromatic rings. The second-order valence-electron chi connectivity index (χ2n) is 5.44. The van der Waals surface area contributed by atoms with E-state index in [1.807, 2.05) is 31.5 Å². The number of aryl methyl sites for hydroxylation is 1. The van der Waals surface area contributed by atoms with E-state index in [0.717, 1.165) is 11.7 Å². The number of amides is 1. The average molecular weight is 345 g/mol. The Kier molecular flexibility index (Phi) is 5.55. The molecule has 1 aromatic heterocycles. The Balaban J connectivity index is 2.05. The Morgan fingerprint density at radius 3 is 2.82 bits per heavy atom. The minimum atomic E-state index is -2.99. The zero-order valence-corrected chi connectivity index (χ0v) is 14.9. The Labute approximate surface area is 136 Å². The molecule has 0 saturated carbocycles. The molecule has 8 heteroatoms. The molecule has 1 amide bonds. The first kappa shape index (κ1) is 17.3. The lowest BCUT2D eigenvalue weighted by atomic mass is 10.2. The summed E-state index contributed by atoms with van der Waals surface area (Å²) in [5, 5.41) is 0.536. The molecule has 1 saturated heterocycles. The van der Waals surface area contributed by atoms with Gasteiger partial charge in [0.05, 0.1) is 16.8 Å². The topological polar surface area (TPSA) is 72.3 Å². The van der Waals surface area contributed by atoms with Crippen molar-refractivity contribution in [2.24, 2.45) is 0 Å². The molecular weight excluding hydrogens is 322 g/mol. The highest BCUT2D eigenvalue weighted by Gasteiger charge is 2.35. The summed E-state index contributed by atoms with van der Waals surface area (Å²) in [5.41, 5.74) is 0. The number of imidazole rings is 1. The van der Waals surface area contributed by atoms with Crippen molar-refractivity contribution in [2.75, 3.05) is 18.1 Å². The third kappa shape index (κ3) is 3.84. The standard InChI is InChI=1S/C14H23N3O3S2/c1-4-16-8-7-15-14(16)21-11(3)13(18)17(5-2)12-6-9-22(19,20)10-12/h7-8,11-12H,4-6,9-10H2,1-3H3. The molecule has 22 heavy (non-hydrogen) atoms. The maximum atomic E-state index is 12.7. The molecule has 1 fully saturated rings. The molecule has 0 aromatic carbocycles. The van der Waals surface area contributed by atoms with Crippen LogP contribution in [-0.2, 0) is 21.2 Å². The van der Waals surface area contributed by atoms with Gasteiger partial charge in [0.2, 0.25) is 5.91 Å². The molecular formula is C14H23N3O3S2. The summed E-state index contributed by atoms with van der Waals surface area (Å²) in [6.07, 6.45) is 4.16. The zero-order valence-electron chi connectivity index (χ0n) is 13.2. The number of hydrogen-bond acceptors (Lipinski definition) is 5. The van der Waals surface area contributed by atoms with E-state index in [0.29, 0.717) is 13.0 Å². The summed E-state index contributed by atoms with van der Waals surface area (Å²) in [4.78, 5) is 18.7. The number of nitrogens with zero attached hydrogens (tertiary/aromatic N) is 3. The van der Waals surface area contributed by atoms with Crippen molar-refractivity contribution in [3.05, 3.63) is 12.4 Å². The van der Waals surface area contributed by atoms with E-state index >= 15 is 0 Å². The van der Waals surface area contributed by atoms with E-state index in [-0.39, 0.29) is 28.7 Å². The first-order chi connectivity index (χ1) is 10.4. The van der Waals surface area contributed by atoms with Crippen molar-refractivity contribution in [2.45, 2.75) is 50.2 Å². The van der Waals surface area contributed by atoms with Crippen molar-refractivity contribution in [1.29, 1.82) is 0 Å². The molecule has 6 nitrogen and oxygen atoms in total. The first-order valence-electron chi connectivity index (χ1n) is 7.56. The highest BCUT2D eigenvalue weighted by Crippen LogP contribution is 2.25. The van der Waals surface area contributed by atoms with Crippen LogP contribution in [0.3, 0.4) is 0 Å². The maximum absolute atomic E-state index is 12.7. The van der Waals surface area contributed by atoms with Gasteiger partial charge in [0.15, 0.2) is 15.0 Å². The Bertz CT molecular complexity index is 627. The molecule has 0 spiro atoms. The summed E-state index contributed by atoms with van der Waals surface area (Å²) in [7, 11) is -2.99. The molecule has 0 bridgehead atoms. The fourth-order valence-electron chi connectivity index (χ4n) is 2.71. The van der Waals surface area contributed by atoms with Crippen molar-refractivity contribution >= 4 is 27.5 Å². The summed E-state index contributed by atoms with van der Waals surface area (Å²) in [6, 6.07) is -0.184. The van der Waals surface area contributed by atoms with Gasteiger partial charge in [0, 0.05) is 31.5 Å². The number of rotatable bonds is 6. The minimum Gasteiger partial charge on any atom is -0.338 e. The number of sulfone groups is 1. The number of thioether (sulfide) groups is 1. The molecule has 2 rings (SSSR count). The van der Waals surface area contributed by atoms with E-state index in [1.54, 1.807) is 11.1 Å². The zero-order chi connectivity index (χ0) is 16.3. The van der Waals surface area contributed by atoms with Gasteiger partial charge in [-0.1, -0.05) is 11.8 Å². The lowest BCUT2D eigenvalue weighted by molar-refractivity contribution is -0.131.